The van der Waals surface area contributed by atoms with E-state index in [4.69, 9.17) is 4.74 Å². The molecule has 0 bridgehead atoms. The van der Waals surface area contributed by atoms with E-state index in [9.17, 15) is 10.1 Å². The average Bonchev–Trinajstić information content (AvgIpc) is 2.81. The Hall–Kier alpha value is -4.12. The largest absolute Gasteiger partial charge is 0.493 e. The zero-order chi connectivity index (χ0) is 22.9. The third-order valence-electron chi connectivity index (χ3n) is 4.88. The third-order valence-corrected chi connectivity index (χ3v) is 4.88. The summed E-state index contributed by atoms with van der Waals surface area (Å²) in [5.74, 6) is 0.857. The fourth-order valence-electron chi connectivity index (χ4n) is 3.29. The lowest BCUT2D eigenvalue weighted by Gasteiger charge is -2.22. The Morgan fingerprint density at radius 2 is 1.94 bits per heavy atom. The van der Waals surface area contributed by atoms with Crippen molar-refractivity contribution in [1.29, 1.82) is 5.26 Å². The number of nitriles is 1. The quantitative estimate of drug-likeness (QED) is 0.393. The number of aromatic nitrogens is 2. The lowest BCUT2D eigenvalue weighted by atomic mass is 10.1. The normalized spacial score (nSPS) is 10.7. The smallest absolute Gasteiger partial charge is 0.270 e. The molecule has 0 aliphatic rings. The van der Waals surface area contributed by atoms with Gasteiger partial charge in [-0.2, -0.15) is 10.4 Å². The van der Waals surface area contributed by atoms with Crippen LogP contribution in [0.25, 0.3) is 11.3 Å². The minimum Gasteiger partial charge on any atom is -0.493 e. The number of nitrogens with one attached hydrogen (secondary N) is 2. The molecule has 2 aromatic carbocycles. The Bertz CT molecular complexity index is 1180. The number of anilines is 2. The number of rotatable bonds is 9. The first-order chi connectivity index (χ1) is 15.6. The number of benzene rings is 2. The molecule has 0 spiro atoms. The summed E-state index contributed by atoms with van der Waals surface area (Å²) in [6.07, 6.45) is 1.61. The van der Waals surface area contributed by atoms with Gasteiger partial charge in [-0.15, -0.1) is 0 Å². The van der Waals surface area contributed by atoms with Crippen LogP contribution >= 0.6 is 0 Å². The van der Waals surface area contributed by atoms with E-state index in [2.05, 4.69) is 39.2 Å². The molecule has 0 amide bonds. The number of hydrazone groups is 1. The van der Waals surface area contributed by atoms with Crippen molar-refractivity contribution in [3.63, 3.8) is 0 Å². The van der Waals surface area contributed by atoms with Crippen LogP contribution < -0.4 is 20.6 Å². The molecule has 3 rings (SSSR count). The Balaban J connectivity index is 1.88. The average molecular weight is 431 g/mol. The molecule has 0 fully saturated rings. The lowest BCUT2D eigenvalue weighted by molar-refractivity contribution is 0.340. The first-order valence-corrected chi connectivity index (χ1v) is 10.5. The summed E-state index contributed by atoms with van der Waals surface area (Å²) in [7, 11) is 0. The van der Waals surface area contributed by atoms with Crippen LogP contribution in [0.5, 0.6) is 5.75 Å². The summed E-state index contributed by atoms with van der Waals surface area (Å²) in [6, 6.07) is 17.0. The Morgan fingerprint density at radius 1 is 1.19 bits per heavy atom. The van der Waals surface area contributed by atoms with Crippen molar-refractivity contribution < 1.29 is 4.74 Å². The highest BCUT2D eigenvalue weighted by Crippen LogP contribution is 2.25. The van der Waals surface area contributed by atoms with Gasteiger partial charge in [-0.05, 0) is 32.9 Å². The van der Waals surface area contributed by atoms with Gasteiger partial charge in [0.25, 0.3) is 5.56 Å². The van der Waals surface area contributed by atoms with Crippen molar-refractivity contribution in [3.05, 3.63) is 70.0 Å². The fraction of sp³-hybridized carbons (Fsp3) is 0.250. The monoisotopic (exact) mass is 430 g/mol. The molecule has 164 valence electrons. The molecule has 0 aliphatic carbocycles. The Kier molecular flexibility index (Phi) is 7.60. The Labute approximate surface area is 187 Å². The summed E-state index contributed by atoms with van der Waals surface area (Å²) in [5, 5.41) is 13.6. The molecule has 0 saturated carbocycles. The molecule has 2 N–H and O–H groups in total. The number of hydrogen-bond donors (Lipinski definition) is 2. The van der Waals surface area contributed by atoms with Crippen molar-refractivity contribution in [2.24, 2.45) is 5.10 Å². The van der Waals surface area contributed by atoms with Gasteiger partial charge in [0.1, 0.15) is 17.4 Å². The molecule has 3 aromatic rings. The minimum absolute atomic E-state index is 0.0450. The molecule has 0 atom stereocenters. The van der Waals surface area contributed by atoms with Crippen molar-refractivity contribution >= 4 is 17.9 Å². The lowest BCUT2D eigenvalue weighted by Crippen LogP contribution is -2.21. The van der Waals surface area contributed by atoms with E-state index in [0.29, 0.717) is 23.6 Å². The first-order valence-electron chi connectivity index (χ1n) is 10.5. The maximum Gasteiger partial charge on any atom is 0.270 e. The van der Waals surface area contributed by atoms with E-state index in [-0.39, 0.29) is 11.5 Å². The highest BCUT2D eigenvalue weighted by molar-refractivity contribution is 5.85. The van der Waals surface area contributed by atoms with Gasteiger partial charge < -0.3 is 9.64 Å². The van der Waals surface area contributed by atoms with Gasteiger partial charge in [-0.3, -0.25) is 9.78 Å². The van der Waals surface area contributed by atoms with Gasteiger partial charge >= 0.3 is 0 Å². The van der Waals surface area contributed by atoms with Gasteiger partial charge in [-0.25, -0.2) is 10.4 Å². The number of nitrogens with zero attached hydrogens (tertiary/aromatic N) is 4. The zero-order valence-electron chi connectivity index (χ0n) is 18.4. The maximum absolute atomic E-state index is 12.4. The van der Waals surface area contributed by atoms with E-state index < -0.39 is 5.56 Å². The summed E-state index contributed by atoms with van der Waals surface area (Å²) in [5.41, 5.74) is 5.01. The second-order valence-electron chi connectivity index (χ2n) is 6.81. The molecule has 0 radical (unpaired) electrons. The molecular formula is C24H26N6O2. The molecule has 1 heterocycles. The van der Waals surface area contributed by atoms with E-state index in [1.807, 2.05) is 49.4 Å². The molecule has 0 unspecified atom stereocenters. The van der Waals surface area contributed by atoms with Crippen LogP contribution in [-0.2, 0) is 0 Å². The zero-order valence-corrected chi connectivity index (χ0v) is 18.4. The van der Waals surface area contributed by atoms with Crippen molar-refractivity contribution in [2.75, 3.05) is 30.0 Å². The SMILES string of the molecule is CCOc1cc(N(CC)CC)ccc1C=NNc1nc(-c2ccccc2)c(C#N)c(=O)[nH]1. The summed E-state index contributed by atoms with van der Waals surface area (Å²) < 4.78 is 5.79. The molecule has 0 saturated heterocycles. The van der Waals surface area contributed by atoms with Gasteiger partial charge in [0.2, 0.25) is 5.95 Å². The van der Waals surface area contributed by atoms with E-state index >= 15 is 0 Å². The summed E-state index contributed by atoms with van der Waals surface area (Å²) in [6.45, 7) is 8.48. The topological polar surface area (TPSA) is 106 Å². The predicted molar refractivity (Wildman–Crippen MR) is 127 cm³/mol. The maximum atomic E-state index is 12.4. The molecule has 8 nitrogen and oxygen atoms in total. The van der Waals surface area contributed by atoms with Gasteiger partial charge in [0, 0.05) is 36.0 Å². The number of hydrogen-bond acceptors (Lipinski definition) is 7. The highest BCUT2D eigenvalue weighted by atomic mass is 16.5. The van der Waals surface area contributed by atoms with Crippen LogP contribution in [0.2, 0.25) is 0 Å². The van der Waals surface area contributed by atoms with Crippen molar-refractivity contribution in [3.8, 4) is 23.1 Å². The molecule has 32 heavy (non-hydrogen) atoms. The van der Waals surface area contributed by atoms with E-state index in [1.54, 1.807) is 18.3 Å². The second-order valence-corrected chi connectivity index (χ2v) is 6.81. The van der Waals surface area contributed by atoms with Crippen LogP contribution in [0.4, 0.5) is 11.6 Å². The van der Waals surface area contributed by atoms with Crippen LogP contribution in [0.3, 0.4) is 0 Å². The van der Waals surface area contributed by atoms with E-state index in [1.165, 1.54) is 0 Å². The standard InChI is InChI=1S/C24H26N6O2/c1-4-30(5-2)19-13-12-18(21(14-19)32-6-3)16-26-29-24-27-22(17-10-8-7-9-11-17)20(15-25)23(31)28-24/h7-14,16H,4-6H2,1-3H3,(H2,27,28,29,31). The summed E-state index contributed by atoms with van der Waals surface area (Å²) in [4.78, 5) is 21.5. The summed E-state index contributed by atoms with van der Waals surface area (Å²) >= 11 is 0. The number of ether oxygens (including phenoxy) is 1. The van der Waals surface area contributed by atoms with Gasteiger partial charge in [-0.1, -0.05) is 30.3 Å². The molecular weight excluding hydrogens is 404 g/mol. The second kappa shape index (κ2) is 10.8. The number of aromatic amines is 1. The van der Waals surface area contributed by atoms with Crippen molar-refractivity contribution in [1.82, 2.24) is 9.97 Å². The van der Waals surface area contributed by atoms with Crippen LogP contribution in [0, 0.1) is 11.3 Å². The minimum atomic E-state index is -0.530. The number of H-pyrrole nitrogens is 1. The van der Waals surface area contributed by atoms with Crippen LogP contribution in [0.1, 0.15) is 31.9 Å². The van der Waals surface area contributed by atoms with Crippen LogP contribution in [-0.4, -0.2) is 35.9 Å². The van der Waals surface area contributed by atoms with Crippen LogP contribution in [0.15, 0.2) is 58.4 Å². The first kappa shape index (κ1) is 22.6. The van der Waals surface area contributed by atoms with Gasteiger partial charge in [0.15, 0.2) is 0 Å². The Morgan fingerprint density at radius 3 is 2.59 bits per heavy atom. The molecule has 1 aromatic heterocycles. The highest BCUT2D eigenvalue weighted by Gasteiger charge is 2.13. The molecule has 0 aliphatic heterocycles. The third kappa shape index (κ3) is 5.13. The fourth-order valence-corrected chi connectivity index (χ4v) is 3.29. The van der Waals surface area contributed by atoms with Crippen molar-refractivity contribution in [2.45, 2.75) is 20.8 Å². The van der Waals surface area contributed by atoms with Gasteiger partial charge in [0.05, 0.1) is 18.5 Å². The molecule has 8 heteroatoms. The van der Waals surface area contributed by atoms with E-state index in [0.717, 1.165) is 24.3 Å². The predicted octanol–water partition coefficient (Wildman–Crippen LogP) is 4.00.